The van der Waals surface area contributed by atoms with E-state index in [0.717, 1.165) is 0 Å². The van der Waals surface area contributed by atoms with E-state index in [0.29, 0.717) is 0 Å². The molecule has 0 saturated heterocycles. The third-order valence-electron chi connectivity index (χ3n) is 4.03. The number of halogens is 4. The van der Waals surface area contributed by atoms with Gasteiger partial charge in [-0.15, -0.1) is 0 Å². The molecule has 0 spiro atoms. The number of rotatable bonds is 5. The summed E-state index contributed by atoms with van der Waals surface area (Å²) in [6.45, 7) is -2.07. The third kappa shape index (κ3) is 4.26. The Hall–Kier alpha value is 0.550. The van der Waals surface area contributed by atoms with Gasteiger partial charge in [-0.2, -0.15) is 0 Å². The normalized spacial score (nSPS) is 12.8. The van der Waals surface area contributed by atoms with E-state index in [1.165, 1.54) is 20.7 Å². The lowest BCUT2D eigenvalue weighted by Crippen LogP contribution is -2.28. The largest absolute Gasteiger partial charge is 0.0941 e. The van der Waals surface area contributed by atoms with Gasteiger partial charge in [0.05, 0.1) is 11.3 Å². The highest BCUT2D eigenvalue weighted by Gasteiger charge is 2.34. The molecular formula is C19H15Br3ClP3. The zero-order valence-corrected chi connectivity index (χ0v) is 21.7. The van der Waals surface area contributed by atoms with Crippen LogP contribution in [0.1, 0.15) is 0 Å². The summed E-state index contributed by atoms with van der Waals surface area (Å²) in [6.07, 6.45) is 0. The molecule has 3 rings (SSSR count). The molecule has 134 valence electrons. The Balaban J connectivity index is 2.59. The van der Waals surface area contributed by atoms with Crippen molar-refractivity contribution in [2.75, 3.05) is 0 Å². The fourth-order valence-electron chi connectivity index (χ4n) is 3.03. The van der Waals surface area contributed by atoms with Crippen LogP contribution < -0.4 is 15.9 Å². The Morgan fingerprint density at radius 2 is 0.923 bits per heavy atom. The summed E-state index contributed by atoms with van der Waals surface area (Å²) < 4.78 is 1.31. The molecule has 1 atom stereocenters. The van der Waals surface area contributed by atoms with Crippen molar-refractivity contribution >= 4 is 96.6 Å². The van der Waals surface area contributed by atoms with Gasteiger partial charge in [0.25, 0.3) is 0 Å². The van der Waals surface area contributed by atoms with E-state index in [1.54, 1.807) is 0 Å². The molecule has 26 heavy (non-hydrogen) atoms. The van der Waals surface area contributed by atoms with Crippen LogP contribution in [0.15, 0.2) is 91.0 Å². The van der Waals surface area contributed by atoms with Crippen LogP contribution in [0.25, 0.3) is 0 Å². The van der Waals surface area contributed by atoms with E-state index in [9.17, 15) is 0 Å². The lowest BCUT2D eigenvalue weighted by molar-refractivity contribution is 1.73. The molecule has 0 aromatic heterocycles. The molecule has 7 heteroatoms. The minimum absolute atomic E-state index is 0.721. The predicted octanol–water partition coefficient (Wildman–Crippen LogP) is 8.12. The van der Waals surface area contributed by atoms with Crippen LogP contribution in [-0.4, -0.2) is 4.78 Å². The van der Waals surface area contributed by atoms with Gasteiger partial charge in [0.15, 0.2) is 0 Å². The number of hydrogen-bond donors (Lipinski definition) is 0. The highest BCUT2D eigenvalue weighted by atomic mass is 79.9. The third-order valence-corrected chi connectivity index (χ3v) is 22.0. The Bertz CT molecular complexity index is 788. The summed E-state index contributed by atoms with van der Waals surface area (Å²) in [5, 5.41) is 3.21. The fraction of sp³-hybridized carbons (Fsp3) is 0. The van der Waals surface area contributed by atoms with Gasteiger partial charge in [0.2, 0.25) is 0 Å². The van der Waals surface area contributed by atoms with Crippen LogP contribution in [0.2, 0.25) is 0 Å². The molecule has 0 nitrogen and oxygen atoms in total. The summed E-state index contributed by atoms with van der Waals surface area (Å²) >= 11 is 18.2. The van der Waals surface area contributed by atoms with E-state index in [1.807, 2.05) is 0 Å². The zero-order chi connectivity index (χ0) is 18.6. The quantitative estimate of drug-likeness (QED) is 0.256. The summed E-state index contributed by atoms with van der Waals surface area (Å²) in [5.41, 5.74) is 0. The fourth-order valence-corrected chi connectivity index (χ4v) is 28.7. The molecule has 0 N–H and O–H groups in total. The second-order valence-corrected chi connectivity index (χ2v) is 23.1. The molecule has 1 unspecified atom stereocenters. The maximum atomic E-state index is 6.80. The maximum Gasteiger partial charge on any atom is 0.0941 e. The van der Waals surface area contributed by atoms with Gasteiger partial charge < -0.3 is 0 Å². The Morgan fingerprint density at radius 3 is 1.15 bits per heavy atom. The molecule has 0 fully saturated rings. The average Bonchev–Trinajstić information content (AvgIpc) is 2.67. The molecule has 0 heterocycles. The van der Waals surface area contributed by atoms with Gasteiger partial charge in [0.1, 0.15) is 0 Å². The van der Waals surface area contributed by atoms with Crippen LogP contribution in [0.3, 0.4) is 0 Å². The molecule has 0 aliphatic rings. The molecule has 0 aliphatic heterocycles. The average molecular weight is 611 g/mol. The van der Waals surface area contributed by atoms with Crippen molar-refractivity contribution in [3.63, 3.8) is 0 Å². The topological polar surface area (TPSA) is 0 Å². The van der Waals surface area contributed by atoms with Crippen LogP contribution in [0.5, 0.6) is 0 Å². The van der Waals surface area contributed by atoms with Crippen molar-refractivity contribution in [3.8, 4) is 0 Å². The Labute approximate surface area is 186 Å². The maximum absolute atomic E-state index is 6.80. The predicted molar refractivity (Wildman–Crippen MR) is 137 cm³/mol. The van der Waals surface area contributed by atoms with Crippen molar-refractivity contribution in [1.29, 1.82) is 0 Å². The Kier molecular flexibility index (Phi) is 8.05. The first-order valence-electron chi connectivity index (χ1n) is 7.75. The van der Waals surface area contributed by atoms with Gasteiger partial charge in [-0.1, -0.05) is 102 Å². The molecule has 0 saturated carbocycles. The van der Waals surface area contributed by atoms with Crippen molar-refractivity contribution in [2.45, 2.75) is 0 Å². The van der Waals surface area contributed by atoms with Gasteiger partial charge in [-0.05, 0) is 69.3 Å². The molecular weight excluding hydrogens is 596 g/mol. The zero-order valence-electron chi connectivity index (χ0n) is 13.5. The second kappa shape index (κ2) is 9.84. The summed E-state index contributed by atoms with van der Waals surface area (Å²) in [5.74, 6) is -0.976. The molecule has 0 bridgehead atoms. The monoisotopic (exact) mass is 608 g/mol. The van der Waals surface area contributed by atoms with E-state index in [-0.39, 0.29) is 0 Å². The lowest BCUT2D eigenvalue weighted by atomic mass is 10.4. The first-order chi connectivity index (χ1) is 12.6. The van der Waals surface area contributed by atoms with E-state index in [4.69, 9.17) is 11.2 Å². The first-order valence-corrected chi connectivity index (χ1v) is 19.2. The minimum atomic E-state index is -2.07. The van der Waals surface area contributed by atoms with Crippen LogP contribution >= 0.6 is 75.9 Å². The van der Waals surface area contributed by atoms with Crippen molar-refractivity contribution in [1.82, 2.24) is 0 Å². The number of hydrogen-bond acceptors (Lipinski definition) is 0. The molecule has 0 amide bonds. The van der Waals surface area contributed by atoms with Gasteiger partial charge >= 0.3 is 0 Å². The van der Waals surface area contributed by atoms with Crippen molar-refractivity contribution < 1.29 is 0 Å². The van der Waals surface area contributed by atoms with Gasteiger partial charge in [-0.25, -0.2) is 0 Å². The van der Waals surface area contributed by atoms with Crippen LogP contribution in [0, 0.1) is 0 Å². The molecule has 3 aromatic carbocycles. The summed E-state index contributed by atoms with van der Waals surface area (Å²) in [7, 11) is 0. The van der Waals surface area contributed by atoms with E-state index in [2.05, 4.69) is 137 Å². The standard InChI is InChI=1S/C19H15Br3ClP3/c20-24(21)19(25(22)23)26(16-10-4-1-5-11-16,17-12-6-2-7-13-17)18-14-8-3-9-15-18/h1-15H. The highest BCUT2D eigenvalue weighted by Crippen LogP contribution is 2.75. The molecule has 0 aliphatic carbocycles. The SMILES string of the molecule is ClP(Br)C(P(Br)Br)=P(c1ccccc1)(c1ccccc1)c1ccccc1. The van der Waals surface area contributed by atoms with E-state index >= 15 is 0 Å². The Morgan fingerprint density at radius 1 is 0.615 bits per heavy atom. The highest BCUT2D eigenvalue weighted by molar-refractivity contribution is 9.72. The molecule has 0 radical (unpaired) electrons. The lowest BCUT2D eigenvalue weighted by Gasteiger charge is -2.33. The number of benzene rings is 3. The van der Waals surface area contributed by atoms with Crippen molar-refractivity contribution in [3.05, 3.63) is 91.0 Å². The van der Waals surface area contributed by atoms with E-state index < -0.39 is 18.2 Å². The summed E-state index contributed by atoms with van der Waals surface area (Å²) in [6, 6.07) is 32.3. The molecule has 3 aromatic rings. The van der Waals surface area contributed by atoms with Crippen LogP contribution in [0.4, 0.5) is 0 Å². The smallest absolute Gasteiger partial charge is 0.0780 e. The van der Waals surface area contributed by atoms with Gasteiger partial charge in [-0.3, -0.25) is 0 Å². The summed E-state index contributed by atoms with van der Waals surface area (Å²) in [4.78, 5) is 0. The first kappa shape index (κ1) is 21.3. The second-order valence-electron chi connectivity index (χ2n) is 5.44. The minimum Gasteiger partial charge on any atom is -0.0780 e. The van der Waals surface area contributed by atoms with Crippen LogP contribution in [-0.2, 0) is 0 Å². The van der Waals surface area contributed by atoms with Gasteiger partial charge in [0, 0.05) is 4.78 Å². The van der Waals surface area contributed by atoms with Crippen molar-refractivity contribution in [2.24, 2.45) is 0 Å².